The molecule has 0 saturated heterocycles. The molecule has 0 aromatic rings. The largest absolute Gasteiger partial charge is 0.569 e. The van der Waals surface area contributed by atoms with E-state index in [4.69, 9.17) is 4.84 Å². The molecule has 0 heterocycles. The summed E-state index contributed by atoms with van der Waals surface area (Å²) in [6.07, 6.45) is 1.93. The first-order valence-electron chi connectivity index (χ1n) is 5.90. The zero-order valence-electron chi connectivity index (χ0n) is 11.4. The highest BCUT2D eigenvalue weighted by Crippen LogP contribution is 2.14. The minimum atomic E-state index is -0.249. The zero-order chi connectivity index (χ0) is 12.8. The number of unbranched alkanes of at least 4 members (excludes halogenated alkanes) is 1. The monoisotopic (exact) mass is 231 g/mol. The Bertz CT molecular complexity index is 222. The molecule has 0 aromatic heterocycles. The van der Waals surface area contributed by atoms with Crippen LogP contribution in [0.4, 0.5) is 0 Å². The summed E-state index contributed by atoms with van der Waals surface area (Å²) in [5.41, 5.74) is -0.249. The summed E-state index contributed by atoms with van der Waals surface area (Å²) in [5.74, 6) is 0. The smallest absolute Gasteiger partial charge is 0.233 e. The summed E-state index contributed by atoms with van der Waals surface area (Å²) in [6, 6.07) is 0. The predicted molar refractivity (Wildman–Crippen MR) is 63.6 cm³/mol. The lowest BCUT2D eigenvalue weighted by Gasteiger charge is -2.30. The van der Waals surface area contributed by atoms with Gasteiger partial charge >= 0.3 is 0 Å². The van der Waals surface area contributed by atoms with Gasteiger partial charge in [0.2, 0.25) is 5.28 Å². The Morgan fingerprint density at radius 1 is 1.38 bits per heavy atom. The maximum atomic E-state index is 11.8. The van der Waals surface area contributed by atoms with Gasteiger partial charge in [0.05, 0.1) is 17.1 Å². The van der Waals surface area contributed by atoms with E-state index in [9.17, 15) is 5.21 Å². The van der Waals surface area contributed by atoms with E-state index in [-0.39, 0.29) is 11.6 Å². The van der Waals surface area contributed by atoms with Crippen molar-refractivity contribution in [1.29, 1.82) is 0 Å². The van der Waals surface area contributed by atoms with Crippen molar-refractivity contribution in [2.24, 2.45) is 5.28 Å². The standard InChI is InChI=1S/C11H25N3O2/c1-7-8-9-13(11(4,5)6)14(15)12-16-10(2)3/h10H,7-9H2,1-6H3. The fourth-order valence-corrected chi connectivity index (χ4v) is 1.16. The van der Waals surface area contributed by atoms with Gasteiger partial charge in [-0.2, -0.15) is 0 Å². The molecule has 0 spiro atoms. The van der Waals surface area contributed by atoms with Crippen molar-refractivity contribution < 1.29 is 9.81 Å². The Hall–Kier alpha value is -1.00. The van der Waals surface area contributed by atoms with Crippen LogP contribution < -0.4 is 0 Å². The first kappa shape index (κ1) is 15.0. The highest BCUT2D eigenvalue weighted by Gasteiger charge is 2.28. The summed E-state index contributed by atoms with van der Waals surface area (Å²) in [5, 5.41) is 17.0. The number of hydrazine groups is 1. The van der Waals surface area contributed by atoms with Crippen LogP contribution in [0.1, 0.15) is 54.4 Å². The molecule has 0 aliphatic rings. The molecule has 0 bridgehead atoms. The Kier molecular flexibility index (Phi) is 6.14. The van der Waals surface area contributed by atoms with Crippen LogP contribution in [-0.2, 0) is 4.84 Å². The second-order valence-corrected chi connectivity index (χ2v) is 5.14. The van der Waals surface area contributed by atoms with Gasteiger partial charge in [-0.1, -0.05) is 13.3 Å². The highest BCUT2D eigenvalue weighted by molar-refractivity contribution is 4.68. The summed E-state index contributed by atoms with van der Waals surface area (Å²) in [4.78, 5) is 5.52. The molecule has 96 valence electrons. The van der Waals surface area contributed by atoms with E-state index >= 15 is 0 Å². The molecule has 0 aliphatic carbocycles. The van der Waals surface area contributed by atoms with Crippen LogP contribution in [0.3, 0.4) is 0 Å². The van der Waals surface area contributed by atoms with Gasteiger partial charge in [-0.3, -0.25) is 0 Å². The Balaban J connectivity index is 4.56. The van der Waals surface area contributed by atoms with Crippen molar-refractivity contribution in [3.05, 3.63) is 5.21 Å². The van der Waals surface area contributed by atoms with Crippen molar-refractivity contribution in [2.75, 3.05) is 6.54 Å². The summed E-state index contributed by atoms with van der Waals surface area (Å²) in [6.45, 7) is 12.4. The maximum absolute atomic E-state index is 11.8. The van der Waals surface area contributed by atoms with Crippen LogP contribution in [0.25, 0.3) is 0 Å². The molecular formula is C11H25N3O2. The van der Waals surface area contributed by atoms with Gasteiger partial charge in [0.15, 0.2) is 0 Å². The van der Waals surface area contributed by atoms with E-state index in [2.05, 4.69) is 12.2 Å². The number of nitrogens with zero attached hydrogens (tertiary/aromatic N) is 3. The molecule has 0 fully saturated rings. The molecule has 0 unspecified atom stereocenters. The van der Waals surface area contributed by atoms with Crippen LogP contribution in [-0.4, -0.2) is 28.2 Å². The van der Waals surface area contributed by atoms with Crippen molar-refractivity contribution in [3.8, 4) is 0 Å². The van der Waals surface area contributed by atoms with Gasteiger partial charge in [-0.05, 0) is 41.0 Å². The number of hydrogen-bond acceptors (Lipinski definition) is 3. The molecule has 0 saturated carbocycles. The van der Waals surface area contributed by atoms with E-state index in [0.29, 0.717) is 11.5 Å². The minimum absolute atomic E-state index is 0.0792. The van der Waals surface area contributed by atoms with Crippen molar-refractivity contribution in [2.45, 2.75) is 66.0 Å². The molecule has 0 aromatic carbocycles. The molecule has 5 nitrogen and oxygen atoms in total. The fraction of sp³-hybridized carbons (Fsp3) is 1.00. The summed E-state index contributed by atoms with van der Waals surface area (Å²) >= 11 is 0. The van der Waals surface area contributed by atoms with Gasteiger partial charge in [0.25, 0.3) is 0 Å². The number of hydrogen-bond donors (Lipinski definition) is 0. The summed E-state index contributed by atoms with van der Waals surface area (Å²) in [7, 11) is 0. The molecule has 0 aliphatic heterocycles. The second kappa shape index (κ2) is 6.55. The highest BCUT2D eigenvalue weighted by atomic mass is 16.7. The average Bonchev–Trinajstić information content (AvgIpc) is 2.13. The van der Waals surface area contributed by atoms with Crippen LogP contribution in [0.15, 0.2) is 5.28 Å². The molecule has 0 rings (SSSR count). The van der Waals surface area contributed by atoms with Gasteiger partial charge in [-0.15, -0.1) is 5.01 Å². The molecular weight excluding hydrogens is 206 g/mol. The van der Waals surface area contributed by atoms with Crippen LogP contribution in [0.5, 0.6) is 0 Å². The van der Waals surface area contributed by atoms with Crippen LogP contribution in [0, 0.1) is 5.21 Å². The third-order valence-electron chi connectivity index (χ3n) is 2.03. The summed E-state index contributed by atoms with van der Waals surface area (Å²) < 4.78 is 0. The second-order valence-electron chi connectivity index (χ2n) is 5.14. The maximum Gasteiger partial charge on any atom is 0.233 e. The Labute approximate surface area is 98.6 Å². The lowest BCUT2D eigenvalue weighted by Crippen LogP contribution is -2.46. The predicted octanol–water partition coefficient (Wildman–Crippen LogP) is 3.10. The fourth-order valence-electron chi connectivity index (χ4n) is 1.16. The molecule has 0 atom stereocenters. The topological polar surface area (TPSA) is 50.9 Å². The van der Waals surface area contributed by atoms with Gasteiger partial charge in [0.1, 0.15) is 6.10 Å². The Morgan fingerprint density at radius 3 is 2.31 bits per heavy atom. The van der Waals surface area contributed by atoms with Crippen molar-refractivity contribution in [1.82, 2.24) is 5.01 Å². The quantitative estimate of drug-likeness (QED) is 0.401. The lowest BCUT2D eigenvalue weighted by molar-refractivity contribution is -0.726. The van der Waals surface area contributed by atoms with E-state index in [1.165, 1.54) is 0 Å². The third-order valence-corrected chi connectivity index (χ3v) is 2.03. The molecule has 0 radical (unpaired) electrons. The van der Waals surface area contributed by atoms with Crippen LogP contribution in [0.2, 0.25) is 0 Å². The molecule has 0 amide bonds. The molecule has 5 heteroatoms. The minimum Gasteiger partial charge on any atom is -0.569 e. The third kappa shape index (κ3) is 5.78. The lowest BCUT2D eigenvalue weighted by atomic mass is 10.1. The number of rotatable bonds is 6. The SMILES string of the molecule is CCCCN([N+]([O-])=NOC(C)C)C(C)(C)C. The molecule has 16 heavy (non-hydrogen) atoms. The van der Waals surface area contributed by atoms with Gasteiger partial charge in [0, 0.05) is 0 Å². The zero-order valence-corrected chi connectivity index (χ0v) is 11.4. The molecule has 0 N–H and O–H groups in total. The van der Waals surface area contributed by atoms with Crippen molar-refractivity contribution in [3.63, 3.8) is 0 Å². The van der Waals surface area contributed by atoms with E-state index < -0.39 is 0 Å². The van der Waals surface area contributed by atoms with Gasteiger partial charge < -0.3 is 10.0 Å². The van der Waals surface area contributed by atoms with E-state index in [0.717, 1.165) is 12.8 Å². The van der Waals surface area contributed by atoms with Gasteiger partial charge in [-0.25, -0.2) is 0 Å². The Morgan fingerprint density at radius 2 is 1.94 bits per heavy atom. The average molecular weight is 231 g/mol. The van der Waals surface area contributed by atoms with Crippen molar-refractivity contribution >= 4 is 0 Å². The van der Waals surface area contributed by atoms with E-state index in [1.54, 1.807) is 5.01 Å². The van der Waals surface area contributed by atoms with E-state index in [1.807, 2.05) is 34.6 Å². The first-order valence-corrected chi connectivity index (χ1v) is 5.90. The van der Waals surface area contributed by atoms with Crippen LogP contribution >= 0.6 is 0 Å². The normalized spacial score (nSPS) is 13.1. The first-order chi connectivity index (χ1) is 7.29.